The van der Waals surface area contributed by atoms with Gasteiger partial charge in [0.25, 0.3) is 0 Å². The predicted molar refractivity (Wildman–Crippen MR) is 61.1 cm³/mol. The lowest BCUT2D eigenvalue weighted by Crippen LogP contribution is -2.27. The molecule has 1 rings (SSSR count). The number of hydrogen-bond donors (Lipinski definition) is 0. The molecular formula is C12H14N2O2. The molecule has 0 heterocycles. The van der Waals surface area contributed by atoms with Crippen molar-refractivity contribution in [2.24, 2.45) is 0 Å². The number of esters is 1. The van der Waals surface area contributed by atoms with E-state index in [-0.39, 0.29) is 12.5 Å². The number of para-hydroxylation sites is 1. The average molecular weight is 218 g/mol. The van der Waals surface area contributed by atoms with E-state index >= 15 is 0 Å². The van der Waals surface area contributed by atoms with E-state index in [1.165, 1.54) is 0 Å². The van der Waals surface area contributed by atoms with Gasteiger partial charge in [0.05, 0.1) is 17.9 Å². The Morgan fingerprint density at radius 2 is 2.19 bits per heavy atom. The predicted octanol–water partition coefficient (Wildman–Crippen LogP) is 1.56. The Balaban J connectivity index is 2.77. The molecule has 1 aromatic carbocycles. The van der Waals surface area contributed by atoms with E-state index in [1.54, 1.807) is 37.1 Å². The van der Waals surface area contributed by atoms with Crippen molar-refractivity contribution in [2.75, 3.05) is 25.1 Å². The second-order valence-corrected chi connectivity index (χ2v) is 3.29. The van der Waals surface area contributed by atoms with Gasteiger partial charge in [0.1, 0.15) is 12.6 Å². The third-order valence-corrected chi connectivity index (χ3v) is 2.11. The van der Waals surface area contributed by atoms with Crippen molar-refractivity contribution in [1.82, 2.24) is 0 Å². The van der Waals surface area contributed by atoms with E-state index in [0.29, 0.717) is 12.2 Å². The van der Waals surface area contributed by atoms with E-state index in [1.807, 2.05) is 6.07 Å². The van der Waals surface area contributed by atoms with Crippen LogP contribution in [0.2, 0.25) is 0 Å². The maximum absolute atomic E-state index is 11.3. The van der Waals surface area contributed by atoms with Gasteiger partial charge in [-0.25, -0.2) is 0 Å². The highest BCUT2D eigenvalue weighted by Gasteiger charge is 2.10. The van der Waals surface area contributed by atoms with Crippen LogP contribution in [0.15, 0.2) is 24.3 Å². The van der Waals surface area contributed by atoms with Crippen LogP contribution >= 0.6 is 0 Å². The Bertz CT molecular complexity index is 410. The molecule has 4 nitrogen and oxygen atoms in total. The van der Waals surface area contributed by atoms with E-state index < -0.39 is 0 Å². The molecule has 1 aromatic rings. The van der Waals surface area contributed by atoms with Crippen LogP contribution in [-0.4, -0.2) is 26.2 Å². The lowest BCUT2D eigenvalue weighted by atomic mass is 10.2. The topological polar surface area (TPSA) is 53.3 Å². The summed E-state index contributed by atoms with van der Waals surface area (Å²) in [5.41, 5.74) is 1.28. The molecule has 0 amide bonds. The first-order valence-corrected chi connectivity index (χ1v) is 5.05. The van der Waals surface area contributed by atoms with E-state index in [9.17, 15) is 4.79 Å². The number of anilines is 1. The first-order valence-electron chi connectivity index (χ1n) is 5.05. The number of nitriles is 1. The molecule has 4 heteroatoms. The van der Waals surface area contributed by atoms with Gasteiger partial charge in [0, 0.05) is 7.05 Å². The van der Waals surface area contributed by atoms with Crippen LogP contribution in [0.5, 0.6) is 0 Å². The van der Waals surface area contributed by atoms with E-state index in [2.05, 4.69) is 6.07 Å². The van der Waals surface area contributed by atoms with Crippen molar-refractivity contribution in [2.45, 2.75) is 6.92 Å². The second-order valence-electron chi connectivity index (χ2n) is 3.29. The van der Waals surface area contributed by atoms with Gasteiger partial charge in [0.2, 0.25) is 0 Å². The minimum absolute atomic E-state index is 0.145. The minimum atomic E-state index is -0.294. The summed E-state index contributed by atoms with van der Waals surface area (Å²) in [4.78, 5) is 13.0. The number of benzene rings is 1. The number of hydrogen-bond acceptors (Lipinski definition) is 4. The van der Waals surface area contributed by atoms with Crippen molar-refractivity contribution in [3.05, 3.63) is 29.8 Å². The third kappa shape index (κ3) is 2.99. The quantitative estimate of drug-likeness (QED) is 0.719. The molecule has 0 aliphatic carbocycles. The first kappa shape index (κ1) is 12.1. The lowest BCUT2D eigenvalue weighted by Gasteiger charge is -2.18. The number of rotatable bonds is 4. The van der Waals surface area contributed by atoms with Crippen molar-refractivity contribution < 1.29 is 9.53 Å². The molecule has 0 fully saturated rings. The SMILES string of the molecule is CCOC(=O)CN(C)c1ccccc1C#N. The summed E-state index contributed by atoms with van der Waals surface area (Å²) in [6.45, 7) is 2.28. The zero-order chi connectivity index (χ0) is 12.0. The summed E-state index contributed by atoms with van der Waals surface area (Å²) in [5.74, 6) is -0.294. The highest BCUT2D eigenvalue weighted by molar-refractivity contribution is 5.76. The lowest BCUT2D eigenvalue weighted by molar-refractivity contribution is -0.141. The van der Waals surface area contributed by atoms with E-state index in [0.717, 1.165) is 5.69 Å². The fourth-order valence-electron chi connectivity index (χ4n) is 1.39. The fraction of sp³-hybridized carbons (Fsp3) is 0.333. The molecule has 0 spiro atoms. The molecule has 0 bridgehead atoms. The van der Waals surface area contributed by atoms with Crippen molar-refractivity contribution in [3.63, 3.8) is 0 Å². The van der Waals surface area contributed by atoms with Gasteiger partial charge in [0.15, 0.2) is 0 Å². The summed E-state index contributed by atoms with van der Waals surface area (Å²) < 4.78 is 4.84. The standard InChI is InChI=1S/C12H14N2O2/c1-3-16-12(15)9-14(2)11-7-5-4-6-10(11)8-13/h4-7H,3,9H2,1-2H3. The minimum Gasteiger partial charge on any atom is -0.465 e. The molecule has 16 heavy (non-hydrogen) atoms. The zero-order valence-corrected chi connectivity index (χ0v) is 9.43. The van der Waals surface area contributed by atoms with Crippen LogP contribution in [0.4, 0.5) is 5.69 Å². The molecule has 0 aromatic heterocycles. The molecule has 84 valence electrons. The second kappa shape index (κ2) is 5.76. The molecule has 0 unspecified atom stereocenters. The van der Waals surface area contributed by atoms with Gasteiger partial charge in [-0.3, -0.25) is 4.79 Å². The normalized spacial score (nSPS) is 9.31. The fourth-order valence-corrected chi connectivity index (χ4v) is 1.39. The van der Waals surface area contributed by atoms with Crippen LogP contribution in [0.25, 0.3) is 0 Å². The first-order chi connectivity index (χ1) is 7.69. The van der Waals surface area contributed by atoms with Crippen LogP contribution < -0.4 is 4.90 Å². The Labute approximate surface area is 95.0 Å². The van der Waals surface area contributed by atoms with Gasteiger partial charge in [-0.2, -0.15) is 5.26 Å². The van der Waals surface area contributed by atoms with Gasteiger partial charge >= 0.3 is 5.97 Å². The molecule has 0 radical (unpaired) electrons. The molecule has 0 aliphatic heterocycles. The largest absolute Gasteiger partial charge is 0.465 e. The summed E-state index contributed by atoms with van der Waals surface area (Å²) in [5, 5.41) is 8.91. The van der Waals surface area contributed by atoms with Crippen LogP contribution in [0.3, 0.4) is 0 Å². The Morgan fingerprint density at radius 3 is 2.81 bits per heavy atom. The number of carbonyl (C=O) groups excluding carboxylic acids is 1. The monoisotopic (exact) mass is 218 g/mol. The Morgan fingerprint density at radius 1 is 1.50 bits per heavy atom. The maximum atomic E-state index is 11.3. The highest BCUT2D eigenvalue weighted by Crippen LogP contribution is 2.17. The summed E-state index contributed by atoms with van der Waals surface area (Å²) in [7, 11) is 1.76. The van der Waals surface area contributed by atoms with Crippen LogP contribution in [0, 0.1) is 11.3 Å². The number of likely N-dealkylation sites (N-methyl/N-ethyl adjacent to an activating group) is 1. The molecular weight excluding hydrogens is 204 g/mol. The van der Waals surface area contributed by atoms with Gasteiger partial charge in [-0.1, -0.05) is 12.1 Å². The number of carbonyl (C=O) groups is 1. The molecule has 0 N–H and O–H groups in total. The van der Waals surface area contributed by atoms with Crippen molar-refractivity contribution in [3.8, 4) is 6.07 Å². The molecule has 0 saturated carbocycles. The third-order valence-electron chi connectivity index (χ3n) is 2.11. The number of ether oxygens (including phenoxy) is 1. The van der Waals surface area contributed by atoms with Gasteiger partial charge in [-0.15, -0.1) is 0 Å². The number of nitrogens with zero attached hydrogens (tertiary/aromatic N) is 2. The Hall–Kier alpha value is -2.02. The average Bonchev–Trinajstić information content (AvgIpc) is 2.29. The van der Waals surface area contributed by atoms with E-state index in [4.69, 9.17) is 10.00 Å². The van der Waals surface area contributed by atoms with Crippen LogP contribution in [-0.2, 0) is 9.53 Å². The van der Waals surface area contributed by atoms with Crippen molar-refractivity contribution in [1.29, 1.82) is 5.26 Å². The molecule has 0 aliphatic rings. The molecule has 0 atom stereocenters. The van der Waals surface area contributed by atoms with Crippen molar-refractivity contribution >= 4 is 11.7 Å². The van der Waals surface area contributed by atoms with Crippen LogP contribution in [0.1, 0.15) is 12.5 Å². The summed E-state index contributed by atoms with van der Waals surface area (Å²) in [6, 6.07) is 9.23. The van der Waals surface area contributed by atoms with Gasteiger partial charge in [-0.05, 0) is 19.1 Å². The zero-order valence-electron chi connectivity index (χ0n) is 9.43. The smallest absolute Gasteiger partial charge is 0.325 e. The summed E-state index contributed by atoms with van der Waals surface area (Å²) >= 11 is 0. The maximum Gasteiger partial charge on any atom is 0.325 e. The summed E-state index contributed by atoms with van der Waals surface area (Å²) in [6.07, 6.45) is 0. The highest BCUT2D eigenvalue weighted by atomic mass is 16.5. The molecule has 0 saturated heterocycles. The van der Waals surface area contributed by atoms with Gasteiger partial charge < -0.3 is 9.64 Å². The Kier molecular flexibility index (Phi) is 4.34.